The Morgan fingerprint density at radius 3 is 2.50 bits per heavy atom. The van der Waals surface area contributed by atoms with Crippen LogP contribution in [-0.2, 0) is 10.0 Å². The summed E-state index contributed by atoms with van der Waals surface area (Å²) in [6.45, 7) is 1.87. The van der Waals surface area contributed by atoms with E-state index in [4.69, 9.17) is 0 Å². The smallest absolute Gasteiger partial charge is 0.261 e. The van der Waals surface area contributed by atoms with Crippen molar-refractivity contribution in [2.75, 3.05) is 4.72 Å². The second-order valence-corrected chi connectivity index (χ2v) is 7.72. The molecule has 2 aromatic heterocycles. The number of imidazole rings is 1. The van der Waals surface area contributed by atoms with E-state index in [0.29, 0.717) is 5.69 Å². The predicted octanol–water partition coefficient (Wildman–Crippen LogP) is 4.11. The highest BCUT2D eigenvalue weighted by molar-refractivity contribution is 7.92. The SMILES string of the molecule is Cc1ccc(-c2cn3ccccc3n2)cc1NS(=O)(=O)c1ccccc1. The maximum atomic E-state index is 12.6. The molecule has 2 aromatic carbocycles. The third-order valence-electron chi connectivity index (χ3n) is 4.20. The summed E-state index contributed by atoms with van der Waals surface area (Å²) in [5.74, 6) is 0. The van der Waals surface area contributed by atoms with Gasteiger partial charge in [-0.15, -0.1) is 0 Å². The van der Waals surface area contributed by atoms with Gasteiger partial charge in [0.2, 0.25) is 0 Å². The molecule has 0 amide bonds. The highest BCUT2D eigenvalue weighted by Crippen LogP contribution is 2.27. The van der Waals surface area contributed by atoms with Gasteiger partial charge in [-0.05, 0) is 42.8 Å². The van der Waals surface area contributed by atoms with Gasteiger partial charge >= 0.3 is 0 Å². The average Bonchev–Trinajstić information content (AvgIpc) is 3.08. The van der Waals surface area contributed by atoms with Gasteiger partial charge in [-0.25, -0.2) is 13.4 Å². The lowest BCUT2D eigenvalue weighted by molar-refractivity contribution is 0.601. The van der Waals surface area contributed by atoms with Crippen LogP contribution in [0.3, 0.4) is 0 Å². The first kappa shape index (κ1) is 16.4. The maximum Gasteiger partial charge on any atom is 0.261 e. The molecule has 0 bridgehead atoms. The van der Waals surface area contributed by atoms with E-state index in [9.17, 15) is 8.42 Å². The summed E-state index contributed by atoms with van der Waals surface area (Å²) >= 11 is 0. The van der Waals surface area contributed by atoms with E-state index in [2.05, 4.69) is 9.71 Å². The van der Waals surface area contributed by atoms with E-state index in [1.807, 2.05) is 60.1 Å². The van der Waals surface area contributed by atoms with Crippen molar-refractivity contribution in [3.63, 3.8) is 0 Å². The number of hydrogen-bond donors (Lipinski definition) is 1. The third kappa shape index (κ3) is 3.07. The minimum absolute atomic E-state index is 0.234. The molecule has 0 saturated heterocycles. The third-order valence-corrected chi connectivity index (χ3v) is 5.58. The van der Waals surface area contributed by atoms with E-state index >= 15 is 0 Å². The van der Waals surface area contributed by atoms with Gasteiger partial charge in [-0.2, -0.15) is 0 Å². The number of nitrogens with zero attached hydrogens (tertiary/aromatic N) is 2. The zero-order valence-corrected chi connectivity index (χ0v) is 14.9. The molecule has 0 atom stereocenters. The van der Waals surface area contributed by atoms with Crippen molar-refractivity contribution in [2.24, 2.45) is 0 Å². The van der Waals surface area contributed by atoms with Gasteiger partial charge in [-0.3, -0.25) is 4.72 Å². The van der Waals surface area contributed by atoms with Crippen LogP contribution in [0.1, 0.15) is 5.56 Å². The number of anilines is 1. The van der Waals surface area contributed by atoms with Gasteiger partial charge in [0.15, 0.2) is 0 Å². The lowest BCUT2D eigenvalue weighted by Gasteiger charge is -2.11. The first-order valence-electron chi connectivity index (χ1n) is 8.15. The Balaban J connectivity index is 1.73. The van der Waals surface area contributed by atoms with Gasteiger partial charge in [0.25, 0.3) is 10.0 Å². The van der Waals surface area contributed by atoms with Crippen LogP contribution < -0.4 is 4.72 Å². The van der Waals surface area contributed by atoms with E-state index in [1.54, 1.807) is 30.3 Å². The topological polar surface area (TPSA) is 63.5 Å². The molecular weight excluding hydrogens is 346 g/mol. The van der Waals surface area contributed by atoms with Crippen molar-refractivity contribution in [3.8, 4) is 11.3 Å². The Morgan fingerprint density at radius 2 is 1.73 bits per heavy atom. The summed E-state index contributed by atoms with van der Waals surface area (Å²) in [7, 11) is -3.64. The van der Waals surface area contributed by atoms with Gasteiger partial charge in [0, 0.05) is 18.0 Å². The summed E-state index contributed by atoms with van der Waals surface area (Å²) in [6.07, 6.45) is 3.86. The molecule has 0 fully saturated rings. The summed E-state index contributed by atoms with van der Waals surface area (Å²) in [4.78, 5) is 4.83. The number of fused-ring (bicyclic) bond motifs is 1. The van der Waals surface area contributed by atoms with Gasteiger partial charge in [0.05, 0.1) is 16.3 Å². The minimum atomic E-state index is -3.64. The van der Waals surface area contributed by atoms with Crippen LogP contribution in [0.2, 0.25) is 0 Å². The number of nitrogens with one attached hydrogen (secondary N) is 1. The molecule has 0 saturated carbocycles. The molecule has 4 rings (SSSR count). The second kappa shape index (κ2) is 6.31. The molecule has 0 spiro atoms. The monoisotopic (exact) mass is 363 g/mol. The molecule has 6 heteroatoms. The zero-order valence-electron chi connectivity index (χ0n) is 14.1. The van der Waals surface area contributed by atoms with Gasteiger partial charge in [0.1, 0.15) is 5.65 Å². The van der Waals surface area contributed by atoms with E-state index < -0.39 is 10.0 Å². The van der Waals surface area contributed by atoms with Crippen LogP contribution >= 0.6 is 0 Å². The molecule has 0 aliphatic heterocycles. The van der Waals surface area contributed by atoms with Crippen molar-refractivity contribution in [2.45, 2.75) is 11.8 Å². The van der Waals surface area contributed by atoms with Crippen molar-refractivity contribution < 1.29 is 8.42 Å². The number of pyridine rings is 1. The quantitative estimate of drug-likeness (QED) is 0.593. The molecule has 1 N–H and O–H groups in total. The Kier molecular flexibility index (Phi) is 3.97. The Bertz CT molecular complexity index is 1150. The predicted molar refractivity (Wildman–Crippen MR) is 103 cm³/mol. The van der Waals surface area contributed by atoms with Crippen LogP contribution in [0.25, 0.3) is 16.9 Å². The summed E-state index contributed by atoms with van der Waals surface area (Å²) < 4.78 is 29.8. The average molecular weight is 363 g/mol. The molecule has 4 aromatic rings. The van der Waals surface area contributed by atoms with Crippen LogP contribution in [-0.4, -0.2) is 17.8 Å². The van der Waals surface area contributed by atoms with Crippen molar-refractivity contribution in [1.29, 1.82) is 0 Å². The zero-order chi connectivity index (χ0) is 18.1. The highest BCUT2D eigenvalue weighted by atomic mass is 32.2. The van der Waals surface area contributed by atoms with Crippen LogP contribution in [0.15, 0.2) is 84.0 Å². The number of rotatable bonds is 4. The van der Waals surface area contributed by atoms with Crippen LogP contribution in [0, 0.1) is 6.92 Å². The van der Waals surface area contributed by atoms with E-state index in [0.717, 1.165) is 22.5 Å². The van der Waals surface area contributed by atoms with E-state index in [1.165, 1.54) is 0 Å². The standard InChI is InChI=1S/C20H17N3O2S/c1-15-10-11-16(19-14-23-12-6-5-9-20(23)21-19)13-18(15)22-26(24,25)17-7-3-2-4-8-17/h2-14,22H,1H3. The van der Waals surface area contributed by atoms with Crippen LogP contribution in [0.4, 0.5) is 5.69 Å². The fraction of sp³-hybridized carbons (Fsp3) is 0.0500. The summed E-state index contributed by atoms with van der Waals surface area (Å²) in [5, 5.41) is 0. The van der Waals surface area contributed by atoms with Gasteiger partial charge in [-0.1, -0.05) is 36.4 Å². The van der Waals surface area contributed by atoms with E-state index in [-0.39, 0.29) is 4.90 Å². The number of aryl methyl sites for hydroxylation is 1. The largest absolute Gasteiger partial charge is 0.306 e. The molecule has 5 nitrogen and oxygen atoms in total. The first-order chi connectivity index (χ1) is 12.5. The molecule has 2 heterocycles. The Labute approximate surface area is 152 Å². The summed E-state index contributed by atoms with van der Waals surface area (Å²) in [5.41, 5.74) is 3.87. The second-order valence-electron chi connectivity index (χ2n) is 6.04. The van der Waals surface area contributed by atoms with Gasteiger partial charge < -0.3 is 4.40 Å². The number of aromatic nitrogens is 2. The summed E-state index contributed by atoms with van der Waals surface area (Å²) in [6, 6.07) is 19.8. The number of hydrogen-bond acceptors (Lipinski definition) is 3. The lowest BCUT2D eigenvalue weighted by atomic mass is 10.1. The lowest BCUT2D eigenvalue weighted by Crippen LogP contribution is -2.13. The maximum absolute atomic E-state index is 12.6. The number of sulfonamides is 1. The molecule has 0 aliphatic carbocycles. The van der Waals surface area contributed by atoms with Crippen molar-refractivity contribution in [1.82, 2.24) is 9.38 Å². The molecular formula is C20H17N3O2S. The highest BCUT2D eigenvalue weighted by Gasteiger charge is 2.15. The van der Waals surface area contributed by atoms with Crippen molar-refractivity contribution in [3.05, 3.63) is 84.7 Å². The van der Waals surface area contributed by atoms with Crippen LogP contribution in [0.5, 0.6) is 0 Å². The fourth-order valence-corrected chi connectivity index (χ4v) is 3.91. The van der Waals surface area contributed by atoms with Crippen molar-refractivity contribution >= 4 is 21.4 Å². The Hall–Kier alpha value is -3.12. The molecule has 0 radical (unpaired) electrons. The Morgan fingerprint density at radius 1 is 0.962 bits per heavy atom. The molecule has 0 aliphatic rings. The first-order valence-corrected chi connectivity index (χ1v) is 9.64. The number of benzene rings is 2. The molecule has 130 valence electrons. The molecule has 0 unspecified atom stereocenters. The fourth-order valence-electron chi connectivity index (χ4n) is 2.77. The normalized spacial score (nSPS) is 11.6. The molecule has 26 heavy (non-hydrogen) atoms. The minimum Gasteiger partial charge on any atom is -0.306 e.